The second kappa shape index (κ2) is 10.2. The number of para-hydroxylation sites is 1. The molecule has 2 aliphatic heterocycles. The molecule has 10 heteroatoms. The zero-order chi connectivity index (χ0) is 27.1. The Kier molecular flexibility index (Phi) is 6.68. The van der Waals surface area contributed by atoms with Crippen LogP contribution in [0.2, 0.25) is 0 Å². The maximum atomic E-state index is 15.1. The summed E-state index contributed by atoms with van der Waals surface area (Å²) in [4.78, 5) is 20.1. The number of nitrogens with zero attached hydrogens (tertiary/aromatic N) is 3. The molecule has 202 valence electrons. The Hall–Kier alpha value is -3.63. The van der Waals surface area contributed by atoms with Gasteiger partial charge in [-0.1, -0.05) is 24.3 Å². The van der Waals surface area contributed by atoms with Gasteiger partial charge in [-0.05, 0) is 47.9 Å². The monoisotopic (exact) mass is 551 g/mol. The molecule has 3 heterocycles. The lowest BCUT2D eigenvalue weighted by molar-refractivity contribution is -0.117. The van der Waals surface area contributed by atoms with E-state index in [9.17, 15) is 13.2 Å². The molecule has 0 radical (unpaired) electrons. The number of carbonyl (C=O) groups is 1. The van der Waals surface area contributed by atoms with Crippen LogP contribution in [0.5, 0.6) is 0 Å². The van der Waals surface area contributed by atoms with Gasteiger partial charge < -0.3 is 9.32 Å². The van der Waals surface area contributed by atoms with Gasteiger partial charge in [-0.3, -0.25) is 9.69 Å². The molecule has 7 nitrogen and oxygen atoms in total. The van der Waals surface area contributed by atoms with Gasteiger partial charge in [0, 0.05) is 55.8 Å². The Morgan fingerprint density at radius 3 is 2.33 bits per heavy atom. The second-order valence-electron chi connectivity index (χ2n) is 10.1. The van der Waals surface area contributed by atoms with Crippen LogP contribution in [-0.4, -0.2) is 55.3 Å². The minimum atomic E-state index is -3.08. The number of hydrogen-bond acceptors (Lipinski definition) is 6. The van der Waals surface area contributed by atoms with Crippen LogP contribution in [0.3, 0.4) is 0 Å². The van der Waals surface area contributed by atoms with Gasteiger partial charge in [0.05, 0.1) is 11.5 Å². The molecule has 6 rings (SSSR count). The van der Waals surface area contributed by atoms with E-state index >= 15 is 8.78 Å². The van der Waals surface area contributed by atoms with E-state index in [-0.39, 0.29) is 42.6 Å². The maximum absolute atomic E-state index is 15.1. The van der Waals surface area contributed by atoms with E-state index in [4.69, 9.17) is 4.42 Å². The van der Waals surface area contributed by atoms with Crippen molar-refractivity contribution in [1.82, 2.24) is 9.88 Å². The Bertz CT molecular complexity index is 1630. The summed E-state index contributed by atoms with van der Waals surface area (Å²) in [6, 6.07) is 15.6. The van der Waals surface area contributed by atoms with E-state index in [1.807, 2.05) is 24.3 Å². The van der Waals surface area contributed by atoms with E-state index in [1.54, 1.807) is 28.0 Å². The van der Waals surface area contributed by atoms with Crippen LogP contribution in [0.25, 0.3) is 22.2 Å². The molecule has 0 unspecified atom stereocenters. The summed E-state index contributed by atoms with van der Waals surface area (Å²) in [6.07, 6.45) is 1.87. The molecule has 0 saturated carbocycles. The zero-order valence-corrected chi connectivity index (χ0v) is 22.0. The lowest BCUT2D eigenvalue weighted by Crippen LogP contribution is -2.40. The third-order valence-corrected chi connectivity index (χ3v) is 9.02. The smallest absolute Gasteiger partial charge is 0.227 e. The van der Waals surface area contributed by atoms with Gasteiger partial charge in [0.1, 0.15) is 17.2 Å². The fraction of sp³-hybridized carbons (Fsp3) is 0.310. The highest BCUT2D eigenvalue weighted by atomic mass is 32.2. The highest BCUT2D eigenvalue weighted by Crippen LogP contribution is 2.32. The number of fused-ring (bicyclic) bond motifs is 1. The zero-order valence-electron chi connectivity index (χ0n) is 21.2. The molecule has 1 aromatic heterocycles. The van der Waals surface area contributed by atoms with Gasteiger partial charge in [-0.25, -0.2) is 22.2 Å². The van der Waals surface area contributed by atoms with Gasteiger partial charge in [0.2, 0.25) is 5.91 Å². The minimum Gasteiger partial charge on any atom is -0.440 e. The number of amides is 1. The highest BCUT2D eigenvalue weighted by molar-refractivity contribution is 7.91. The number of sulfone groups is 1. The quantitative estimate of drug-likeness (QED) is 0.345. The summed E-state index contributed by atoms with van der Waals surface area (Å²) in [6.45, 7) is 1.25. The number of anilines is 1. The van der Waals surface area contributed by atoms with E-state index in [0.717, 1.165) is 24.2 Å². The molecular weight excluding hydrogens is 524 g/mol. The molecule has 0 bridgehead atoms. The van der Waals surface area contributed by atoms with Gasteiger partial charge in [-0.15, -0.1) is 0 Å². The minimum absolute atomic E-state index is 0.00753. The van der Waals surface area contributed by atoms with Crippen molar-refractivity contribution in [3.8, 4) is 11.1 Å². The highest BCUT2D eigenvalue weighted by Gasteiger charge is 2.25. The van der Waals surface area contributed by atoms with Crippen LogP contribution >= 0.6 is 0 Å². The van der Waals surface area contributed by atoms with Crippen molar-refractivity contribution >= 4 is 32.5 Å². The topological polar surface area (TPSA) is 83.7 Å². The van der Waals surface area contributed by atoms with Crippen LogP contribution in [0.1, 0.15) is 29.9 Å². The van der Waals surface area contributed by atoms with Crippen molar-refractivity contribution in [3.63, 3.8) is 0 Å². The summed E-state index contributed by atoms with van der Waals surface area (Å²) in [5.74, 6) is -0.783. The summed E-state index contributed by atoms with van der Waals surface area (Å²) < 4.78 is 59.6. The molecule has 0 atom stereocenters. The third kappa shape index (κ3) is 5.31. The standard InChI is InChI=1S/C29H27F2N3O4S/c30-24-16-20(17-25(31)23(24)18-33-11-13-39(36,37)14-12-33)22-3-1-4-26-29(22)38-27(32-26)15-19-6-8-21(9-7-19)34-10-2-5-28(34)35/h1,3-4,6-9,16-17H,2,5,10-15,18H2. The predicted octanol–water partition coefficient (Wildman–Crippen LogP) is 4.72. The summed E-state index contributed by atoms with van der Waals surface area (Å²) >= 11 is 0. The molecule has 2 fully saturated rings. The first-order chi connectivity index (χ1) is 18.8. The predicted molar refractivity (Wildman–Crippen MR) is 144 cm³/mol. The van der Waals surface area contributed by atoms with Crippen LogP contribution in [0, 0.1) is 11.6 Å². The SMILES string of the molecule is O=C1CCCN1c1ccc(Cc2nc3cccc(-c4cc(F)c(CN5CCS(=O)(=O)CC5)c(F)c4)c3o2)cc1. The molecule has 2 aliphatic rings. The fourth-order valence-corrected chi connectivity index (χ4v) is 6.51. The van der Waals surface area contributed by atoms with Crippen LogP contribution in [0.15, 0.2) is 59.0 Å². The number of halogens is 2. The van der Waals surface area contributed by atoms with Crippen molar-refractivity contribution < 1.29 is 26.4 Å². The maximum Gasteiger partial charge on any atom is 0.227 e. The van der Waals surface area contributed by atoms with Crippen LogP contribution < -0.4 is 4.90 Å². The molecule has 3 aromatic carbocycles. The summed E-state index contributed by atoms with van der Waals surface area (Å²) in [5, 5.41) is 0. The number of hydrogen-bond donors (Lipinski definition) is 0. The second-order valence-corrected chi connectivity index (χ2v) is 12.4. The van der Waals surface area contributed by atoms with Gasteiger partial charge in [0.25, 0.3) is 0 Å². The van der Waals surface area contributed by atoms with Crippen LogP contribution in [0.4, 0.5) is 14.5 Å². The fourth-order valence-electron chi connectivity index (χ4n) is 5.23. The average Bonchev–Trinajstić information content (AvgIpc) is 3.53. The first kappa shape index (κ1) is 25.6. The lowest BCUT2D eigenvalue weighted by atomic mass is 10.0. The number of rotatable bonds is 6. The molecule has 4 aromatic rings. The Morgan fingerprint density at radius 2 is 1.67 bits per heavy atom. The molecule has 0 spiro atoms. The molecule has 39 heavy (non-hydrogen) atoms. The Balaban J connectivity index is 1.23. The normalized spacial score (nSPS) is 17.8. The first-order valence-electron chi connectivity index (χ1n) is 12.9. The Labute approximate surface area is 225 Å². The van der Waals surface area contributed by atoms with Gasteiger partial charge in [-0.2, -0.15) is 0 Å². The van der Waals surface area contributed by atoms with Gasteiger partial charge >= 0.3 is 0 Å². The average molecular weight is 552 g/mol. The van der Waals surface area contributed by atoms with Crippen molar-refractivity contribution in [2.45, 2.75) is 25.8 Å². The van der Waals surface area contributed by atoms with Crippen molar-refractivity contribution in [2.24, 2.45) is 0 Å². The number of oxazole rings is 1. The van der Waals surface area contributed by atoms with E-state index < -0.39 is 21.5 Å². The lowest BCUT2D eigenvalue weighted by Gasteiger charge is -2.26. The Morgan fingerprint density at radius 1 is 0.949 bits per heavy atom. The summed E-state index contributed by atoms with van der Waals surface area (Å²) in [5.41, 5.74) is 3.65. The van der Waals surface area contributed by atoms with Crippen LogP contribution in [-0.2, 0) is 27.6 Å². The molecular formula is C29H27F2N3O4S. The largest absolute Gasteiger partial charge is 0.440 e. The molecule has 2 saturated heterocycles. The van der Waals surface area contributed by atoms with Gasteiger partial charge in [0.15, 0.2) is 21.3 Å². The van der Waals surface area contributed by atoms with E-state index in [1.165, 1.54) is 12.1 Å². The van der Waals surface area contributed by atoms with E-state index in [2.05, 4.69) is 4.98 Å². The third-order valence-electron chi connectivity index (χ3n) is 7.41. The van der Waals surface area contributed by atoms with Crippen molar-refractivity contribution in [1.29, 1.82) is 0 Å². The van der Waals surface area contributed by atoms with Crippen molar-refractivity contribution in [2.75, 3.05) is 36.0 Å². The summed E-state index contributed by atoms with van der Waals surface area (Å²) in [7, 11) is -3.08. The molecule has 0 aliphatic carbocycles. The number of benzene rings is 3. The van der Waals surface area contributed by atoms with Crippen molar-refractivity contribution in [3.05, 3.63) is 83.2 Å². The first-order valence-corrected chi connectivity index (χ1v) is 14.8. The number of aromatic nitrogens is 1. The molecule has 1 amide bonds. The number of carbonyl (C=O) groups excluding carboxylic acids is 1. The molecule has 0 N–H and O–H groups in total. The van der Waals surface area contributed by atoms with E-state index in [0.29, 0.717) is 41.0 Å².